The van der Waals surface area contributed by atoms with Gasteiger partial charge in [0.25, 0.3) is 0 Å². The van der Waals surface area contributed by atoms with Gasteiger partial charge in [-0.25, -0.2) is 13.6 Å². The molecule has 2 aromatic heterocycles. The molecule has 1 N–H and O–H groups in total. The van der Waals surface area contributed by atoms with Gasteiger partial charge in [0, 0.05) is 41.3 Å². The Kier molecular flexibility index (Phi) is 11.9. The van der Waals surface area contributed by atoms with Gasteiger partial charge in [-0.15, -0.1) is 11.3 Å². The highest BCUT2D eigenvalue weighted by atomic mass is 32.1. The predicted molar refractivity (Wildman–Crippen MR) is 201 cm³/mol. The zero-order valence-corrected chi connectivity index (χ0v) is 30.9. The molecule has 5 rings (SSSR count). The highest BCUT2D eigenvalue weighted by Crippen LogP contribution is 2.39. The Bertz CT molecular complexity index is 2040. The third kappa shape index (κ3) is 8.63. The lowest BCUT2D eigenvalue weighted by atomic mass is 9.96. The molecule has 0 fully saturated rings. The summed E-state index contributed by atoms with van der Waals surface area (Å²) >= 11 is 1.32. The Hall–Kier alpha value is -4.67. The lowest BCUT2D eigenvalue weighted by Gasteiger charge is -2.25. The van der Waals surface area contributed by atoms with Crippen LogP contribution < -0.4 is 10.7 Å². The maximum Gasteiger partial charge on any atom is 0.343 e. The maximum absolute atomic E-state index is 15.1. The van der Waals surface area contributed by atoms with Crippen LogP contribution in [0.1, 0.15) is 68.6 Å². The van der Waals surface area contributed by atoms with Crippen LogP contribution in [-0.4, -0.2) is 34.5 Å². The molecule has 0 saturated heterocycles. The summed E-state index contributed by atoms with van der Waals surface area (Å²) in [7, 11) is 1.95. The molecular weight excluding hydrogens is 669 g/mol. The average Bonchev–Trinajstić information content (AvgIpc) is 3.46. The molecule has 0 saturated carbocycles. The van der Waals surface area contributed by atoms with Gasteiger partial charge in [0.1, 0.15) is 28.1 Å². The van der Waals surface area contributed by atoms with E-state index in [0.717, 1.165) is 16.0 Å². The molecule has 0 aliphatic carbocycles. The first kappa shape index (κ1) is 37.6. The van der Waals surface area contributed by atoms with Gasteiger partial charge in [0.05, 0.1) is 11.9 Å². The number of aromatic nitrogens is 1. The van der Waals surface area contributed by atoms with Gasteiger partial charge in [0.15, 0.2) is 0 Å². The number of rotatable bonds is 13. The van der Waals surface area contributed by atoms with Crippen molar-refractivity contribution in [2.75, 3.05) is 12.4 Å². The van der Waals surface area contributed by atoms with Gasteiger partial charge < -0.3 is 14.6 Å². The van der Waals surface area contributed by atoms with Crippen molar-refractivity contribution in [1.29, 1.82) is 0 Å². The lowest BCUT2D eigenvalue weighted by molar-refractivity contribution is -0.118. The first-order chi connectivity index (χ1) is 24.2. The summed E-state index contributed by atoms with van der Waals surface area (Å²) in [5.74, 6) is -2.55. The summed E-state index contributed by atoms with van der Waals surface area (Å²) < 4.78 is 37.7. The largest absolute Gasteiger partial charge is 0.458 e. The minimum Gasteiger partial charge on any atom is -0.458 e. The van der Waals surface area contributed by atoms with Crippen LogP contribution in [0.4, 0.5) is 14.5 Å². The van der Waals surface area contributed by atoms with Crippen molar-refractivity contribution >= 4 is 39.1 Å². The van der Waals surface area contributed by atoms with Crippen molar-refractivity contribution in [3.05, 3.63) is 123 Å². The number of esters is 1. The summed E-state index contributed by atoms with van der Waals surface area (Å²) in [6.45, 7) is 12.1. The number of halogens is 2. The lowest BCUT2D eigenvalue weighted by Crippen LogP contribution is -2.31. The summed E-state index contributed by atoms with van der Waals surface area (Å²) in [5, 5.41) is 3.20. The molecule has 0 aliphatic rings. The van der Waals surface area contributed by atoms with Gasteiger partial charge in [-0.2, -0.15) is 0 Å². The summed E-state index contributed by atoms with van der Waals surface area (Å²) in [6, 6.07) is 21.0. The second-order valence-corrected chi connectivity index (χ2v) is 15.0. The molecule has 0 atom stereocenters. The van der Waals surface area contributed by atoms with E-state index in [9.17, 15) is 14.4 Å². The van der Waals surface area contributed by atoms with Gasteiger partial charge in [-0.1, -0.05) is 90.1 Å². The number of carbonyl (C=O) groups is 2. The van der Waals surface area contributed by atoms with Gasteiger partial charge >= 0.3 is 5.97 Å². The van der Waals surface area contributed by atoms with E-state index in [2.05, 4.69) is 10.2 Å². The molecule has 0 radical (unpaired) electrons. The Balaban J connectivity index is 1.73. The molecule has 0 bridgehead atoms. The molecule has 7 nitrogen and oxygen atoms in total. The summed E-state index contributed by atoms with van der Waals surface area (Å²) in [5.41, 5.74) is 2.29. The van der Waals surface area contributed by atoms with Crippen LogP contribution in [0, 0.1) is 29.4 Å². The fraction of sp³-hybridized carbons (Fsp3) is 0.341. The highest BCUT2D eigenvalue weighted by Gasteiger charge is 2.29. The first-order valence-electron chi connectivity index (χ1n) is 17.2. The zero-order valence-electron chi connectivity index (χ0n) is 30.1. The van der Waals surface area contributed by atoms with Crippen LogP contribution in [0.15, 0.2) is 83.8 Å². The van der Waals surface area contributed by atoms with Crippen molar-refractivity contribution in [3.63, 3.8) is 0 Å². The van der Waals surface area contributed by atoms with Gasteiger partial charge in [-0.3, -0.25) is 14.5 Å². The zero-order chi connectivity index (χ0) is 37.0. The number of nitrogens with one attached hydrogen (secondary N) is 1. The van der Waals surface area contributed by atoms with Crippen LogP contribution in [0.2, 0.25) is 0 Å². The topological polar surface area (TPSA) is 80.6 Å². The molecule has 3 aromatic carbocycles. The summed E-state index contributed by atoms with van der Waals surface area (Å²) in [6.07, 6.45) is 0.924. The number of benzene rings is 3. The number of thiophene rings is 1. The van der Waals surface area contributed by atoms with E-state index < -0.39 is 29.1 Å². The molecule has 5 aromatic rings. The number of hydrogen-bond acceptors (Lipinski definition) is 6. The van der Waals surface area contributed by atoms with E-state index in [1.807, 2.05) is 91.1 Å². The number of anilines is 1. The molecular formula is C41H45F2N3O4S. The van der Waals surface area contributed by atoms with Gasteiger partial charge in [-0.05, 0) is 59.8 Å². The van der Waals surface area contributed by atoms with E-state index in [0.29, 0.717) is 34.6 Å². The standard InChI is InChI=1S/C41H45F2N3O4S/c1-24(2)37(25(3)4)50-41(49)32-23-46(22-30-33(42)14-11-15-34(30)43)40-35(36(32)47)31(21-45(7)20-27-12-9-8-10-13-27)38(51-40)28-16-18-29(19-17-28)44-39(48)26(5)6/h8-19,23-26,37H,20-22H2,1-7H3,(H,44,48). The molecule has 1 amide bonds. The van der Waals surface area contributed by atoms with Crippen LogP contribution in [0.3, 0.4) is 0 Å². The van der Waals surface area contributed by atoms with E-state index in [1.54, 1.807) is 16.7 Å². The molecule has 268 valence electrons. The van der Waals surface area contributed by atoms with Crippen molar-refractivity contribution in [3.8, 4) is 10.4 Å². The quantitative estimate of drug-likeness (QED) is 0.123. The third-order valence-electron chi connectivity index (χ3n) is 8.84. The van der Waals surface area contributed by atoms with E-state index >= 15 is 8.78 Å². The molecule has 0 unspecified atom stereocenters. The molecule has 0 aliphatic heterocycles. The Morgan fingerprint density at radius 3 is 2.06 bits per heavy atom. The Morgan fingerprint density at radius 1 is 0.843 bits per heavy atom. The first-order valence-corrected chi connectivity index (χ1v) is 18.0. The van der Waals surface area contributed by atoms with Crippen molar-refractivity contribution in [1.82, 2.24) is 9.47 Å². The van der Waals surface area contributed by atoms with Crippen molar-refractivity contribution in [2.24, 2.45) is 17.8 Å². The number of nitrogens with zero attached hydrogens (tertiary/aromatic N) is 2. The Labute approximate surface area is 301 Å². The van der Waals surface area contributed by atoms with Gasteiger partial charge in [0.2, 0.25) is 11.3 Å². The number of ether oxygens (including phenoxy) is 1. The Morgan fingerprint density at radius 2 is 1.47 bits per heavy atom. The smallest absolute Gasteiger partial charge is 0.343 e. The third-order valence-corrected chi connectivity index (χ3v) is 10.2. The van der Waals surface area contributed by atoms with E-state index in [4.69, 9.17) is 4.74 Å². The van der Waals surface area contributed by atoms with Crippen molar-refractivity contribution in [2.45, 2.75) is 67.3 Å². The van der Waals surface area contributed by atoms with E-state index in [-0.39, 0.29) is 41.3 Å². The fourth-order valence-electron chi connectivity index (χ4n) is 6.24. The van der Waals surface area contributed by atoms with Crippen LogP contribution >= 0.6 is 11.3 Å². The second kappa shape index (κ2) is 16.1. The number of fused-ring (bicyclic) bond motifs is 1. The highest BCUT2D eigenvalue weighted by molar-refractivity contribution is 7.22. The molecule has 51 heavy (non-hydrogen) atoms. The van der Waals surface area contributed by atoms with Crippen molar-refractivity contribution < 1.29 is 23.1 Å². The summed E-state index contributed by atoms with van der Waals surface area (Å²) in [4.78, 5) is 44.1. The van der Waals surface area contributed by atoms with Crippen LogP contribution in [0.25, 0.3) is 20.7 Å². The molecule has 2 heterocycles. The fourth-order valence-corrected chi connectivity index (χ4v) is 7.53. The minimum absolute atomic E-state index is 0.00402. The minimum atomic E-state index is -0.779. The second-order valence-electron chi connectivity index (χ2n) is 14.0. The SMILES string of the molecule is CC(C)C(=O)Nc1ccc(-c2sc3c(c2CN(C)Cc2ccccc2)c(=O)c(C(=O)OC(C(C)C)C(C)C)cn3Cc2c(F)cccc2F)cc1. The normalized spacial score (nSPS) is 11.8. The van der Waals surface area contributed by atoms with Crippen LogP contribution in [0.5, 0.6) is 0 Å². The molecule has 0 spiro atoms. The predicted octanol–water partition coefficient (Wildman–Crippen LogP) is 9.12. The number of pyridine rings is 1. The maximum atomic E-state index is 15.1. The van der Waals surface area contributed by atoms with Crippen LogP contribution in [-0.2, 0) is 29.2 Å². The molecule has 10 heteroatoms. The monoisotopic (exact) mass is 713 g/mol. The van der Waals surface area contributed by atoms with E-state index in [1.165, 1.54) is 35.7 Å². The number of amides is 1. The number of carbonyl (C=O) groups excluding carboxylic acids is 2. The number of hydrogen-bond donors (Lipinski definition) is 1. The average molecular weight is 714 g/mol.